The third kappa shape index (κ3) is 46.4. The Labute approximate surface area is 392 Å². The number of rotatable bonds is 50. The molecule has 63 heavy (non-hydrogen) atoms. The fourth-order valence-electron chi connectivity index (χ4n) is 8.56. The van der Waals surface area contributed by atoms with Crippen molar-refractivity contribution in [1.29, 1.82) is 0 Å². The monoisotopic (exact) mass is 886 g/mol. The van der Waals surface area contributed by atoms with E-state index in [9.17, 15) is 19.8 Å². The lowest BCUT2D eigenvalue weighted by molar-refractivity contribution is -0.151. The van der Waals surface area contributed by atoms with E-state index >= 15 is 0 Å². The highest BCUT2D eigenvalue weighted by Crippen LogP contribution is 2.19. The van der Waals surface area contributed by atoms with Crippen LogP contribution < -0.4 is 5.32 Å². The number of ether oxygens (including phenoxy) is 1. The fourth-order valence-corrected chi connectivity index (χ4v) is 8.56. The van der Waals surface area contributed by atoms with Gasteiger partial charge < -0.3 is 20.3 Å². The number of carbonyl (C=O) groups excluding carboxylic acids is 2. The van der Waals surface area contributed by atoms with Crippen molar-refractivity contribution in [3.63, 3.8) is 0 Å². The molecule has 0 bridgehead atoms. The predicted molar refractivity (Wildman–Crippen MR) is 273 cm³/mol. The topological polar surface area (TPSA) is 95.9 Å². The molecule has 6 nitrogen and oxygen atoms in total. The summed E-state index contributed by atoms with van der Waals surface area (Å²) < 4.78 is 5.95. The number of allylic oxidation sites excluding steroid dienone is 6. The molecule has 0 fully saturated rings. The van der Waals surface area contributed by atoms with Crippen LogP contribution in [0.1, 0.15) is 290 Å². The lowest BCUT2D eigenvalue weighted by Gasteiger charge is -2.24. The molecule has 0 aliphatic rings. The lowest BCUT2D eigenvalue weighted by Crippen LogP contribution is -2.46. The van der Waals surface area contributed by atoms with E-state index in [-0.39, 0.29) is 24.9 Å². The maximum atomic E-state index is 13.2. The Morgan fingerprint density at radius 2 is 0.857 bits per heavy atom. The van der Waals surface area contributed by atoms with Gasteiger partial charge in [-0.3, -0.25) is 9.59 Å². The second-order valence-corrected chi connectivity index (χ2v) is 19.0. The van der Waals surface area contributed by atoms with Crippen LogP contribution in [0.3, 0.4) is 0 Å². The molecule has 3 unspecified atom stereocenters. The van der Waals surface area contributed by atoms with Crippen LogP contribution in [0.2, 0.25) is 0 Å². The number of nitrogens with one attached hydrogen (secondary N) is 1. The van der Waals surface area contributed by atoms with Crippen molar-refractivity contribution in [1.82, 2.24) is 5.32 Å². The SMILES string of the molecule is CC/C=C/C/C=C/C/C=C/CCCCCCCCC(=O)OC(CCCCCCCCCCCCCCCCCC)CC(=O)NC(CO)C(O)CCCCCCCCCCCCCC. The van der Waals surface area contributed by atoms with Crippen LogP contribution >= 0.6 is 0 Å². The molecule has 0 aromatic carbocycles. The zero-order chi connectivity index (χ0) is 45.9. The van der Waals surface area contributed by atoms with Gasteiger partial charge in [0, 0.05) is 6.42 Å². The highest BCUT2D eigenvalue weighted by molar-refractivity contribution is 5.77. The Hall–Kier alpha value is -1.92. The average molecular weight is 886 g/mol. The molecule has 0 saturated heterocycles. The van der Waals surface area contributed by atoms with Gasteiger partial charge in [0.25, 0.3) is 0 Å². The first-order chi connectivity index (χ1) is 31.0. The maximum Gasteiger partial charge on any atom is 0.306 e. The molecule has 0 saturated carbocycles. The maximum absolute atomic E-state index is 13.2. The Balaban J connectivity index is 4.56. The molecule has 370 valence electrons. The summed E-state index contributed by atoms with van der Waals surface area (Å²) >= 11 is 0. The number of amides is 1. The second-order valence-electron chi connectivity index (χ2n) is 19.0. The summed E-state index contributed by atoms with van der Waals surface area (Å²) in [5, 5.41) is 23.8. The number of hydrogen-bond acceptors (Lipinski definition) is 5. The van der Waals surface area contributed by atoms with Crippen molar-refractivity contribution < 1.29 is 24.5 Å². The first kappa shape index (κ1) is 61.1. The van der Waals surface area contributed by atoms with Crippen LogP contribution in [0.5, 0.6) is 0 Å². The predicted octanol–water partition coefficient (Wildman–Crippen LogP) is 16.8. The van der Waals surface area contributed by atoms with E-state index in [4.69, 9.17) is 4.74 Å². The Bertz CT molecular complexity index is 1040. The highest BCUT2D eigenvalue weighted by Gasteiger charge is 2.24. The summed E-state index contributed by atoms with van der Waals surface area (Å²) in [7, 11) is 0. The normalized spacial score (nSPS) is 13.4. The van der Waals surface area contributed by atoms with E-state index in [1.165, 1.54) is 173 Å². The number of hydrogen-bond donors (Lipinski definition) is 3. The van der Waals surface area contributed by atoms with E-state index in [1.807, 2.05) is 0 Å². The molecule has 1 amide bonds. The van der Waals surface area contributed by atoms with E-state index in [0.717, 1.165) is 70.6 Å². The largest absolute Gasteiger partial charge is 0.462 e. The molecule has 0 radical (unpaired) electrons. The van der Waals surface area contributed by atoms with Gasteiger partial charge in [-0.05, 0) is 57.8 Å². The molecule has 0 heterocycles. The number of esters is 1. The molecule has 3 N–H and O–H groups in total. The van der Waals surface area contributed by atoms with Gasteiger partial charge in [-0.15, -0.1) is 0 Å². The molecule has 0 rings (SSSR count). The summed E-state index contributed by atoms with van der Waals surface area (Å²) in [6.45, 7) is 6.40. The Morgan fingerprint density at radius 1 is 0.476 bits per heavy atom. The Morgan fingerprint density at radius 3 is 1.30 bits per heavy atom. The zero-order valence-corrected chi connectivity index (χ0v) is 42.2. The summed E-state index contributed by atoms with van der Waals surface area (Å²) in [6, 6.07) is -0.701. The van der Waals surface area contributed by atoms with Crippen molar-refractivity contribution in [3.8, 4) is 0 Å². The van der Waals surface area contributed by atoms with Gasteiger partial charge in [0.2, 0.25) is 5.91 Å². The minimum absolute atomic E-state index is 0.0767. The van der Waals surface area contributed by atoms with Gasteiger partial charge in [-0.2, -0.15) is 0 Å². The van der Waals surface area contributed by atoms with Gasteiger partial charge >= 0.3 is 5.97 Å². The second kappa shape index (κ2) is 51.1. The molecule has 3 atom stereocenters. The molecular formula is C57H107NO5. The quantitative estimate of drug-likeness (QED) is 0.0321. The van der Waals surface area contributed by atoms with Crippen LogP contribution in [0.25, 0.3) is 0 Å². The van der Waals surface area contributed by atoms with Gasteiger partial charge in [-0.25, -0.2) is 0 Å². The van der Waals surface area contributed by atoms with Crippen molar-refractivity contribution in [2.45, 2.75) is 309 Å². The molecule has 0 aromatic rings. The van der Waals surface area contributed by atoms with Gasteiger partial charge in [0.15, 0.2) is 0 Å². The number of aliphatic hydroxyl groups excluding tert-OH is 2. The summed E-state index contributed by atoms with van der Waals surface area (Å²) in [4.78, 5) is 26.2. The molecule has 0 spiro atoms. The van der Waals surface area contributed by atoms with Crippen LogP contribution in [-0.2, 0) is 14.3 Å². The first-order valence-corrected chi connectivity index (χ1v) is 27.7. The van der Waals surface area contributed by atoms with Crippen LogP contribution in [-0.4, -0.2) is 46.9 Å². The van der Waals surface area contributed by atoms with Crippen molar-refractivity contribution in [2.24, 2.45) is 0 Å². The third-order valence-corrected chi connectivity index (χ3v) is 12.7. The molecular weight excluding hydrogens is 779 g/mol. The van der Waals surface area contributed by atoms with Crippen molar-refractivity contribution in [3.05, 3.63) is 36.5 Å². The van der Waals surface area contributed by atoms with Crippen LogP contribution in [0.4, 0.5) is 0 Å². The van der Waals surface area contributed by atoms with E-state index in [0.29, 0.717) is 19.3 Å². The average Bonchev–Trinajstić information content (AvgIpc) is 3.28. The molecule has 0 aromatic heterocycles. The molecule has 0 aliphatic heterocycles. The lowest BCUT2D eigenvalue weighted by atomic mass is 10.0. The van der Waals surface area contributed by atoms with E-state index in [2.05, 4.69) is 62.5 Å². The smallest absolute Gasteiger partial charge is 0.306 e. The Kier molecular flexibility index (Phi) is 49.5. The van der Waals surface area contributed by atoms with Gasteiger partial charge in [-0.1, -0.05) is 256 Å². The van der Waals surface area contributed by atoms with E-state index in [1.54, 1.807) is 0 Å². The summed E-state index contributed by atoms with van der Waals surface area (Å²) in [5.74, 6) is -0.473. The highest BCUT2D eigenvalue weighted by atomic mass is 16.5. The fraction of sp³-hybridized carbons (Fsp3) is 0.860. The van der Waals surface area contributed by atoms with Crippen LogP contribution in [0, 0.1) is 0 Å². The standard InChI is InChI=1S/C57H107NO5/c1-4-7-10-13-16-19-22-25-27-29-31-33-36-39-42-45-48-53(63-57(62)50-47-44-41-38-35-32-30-28-26-23-20-17-14-11-8-5-2)51-56(61)58-54(52-59)55(60)49-46-43-40-37-34-24-21-18-15-12-9-6-3/h8,11,17,20,26,28,53-55,59-60H,4-7,9-10,12-16,18-19,21-25,27,29-52H2,1-3H3,(H,58,61)/b11-8+,20-17+,28-26+. The molecule has 6 heteroatoms. The number of aliphatic hydroxyl groups is 2. The summed E-state index contributed by atoms with van der Waals surface area (Å²) in [5.41, 5.74) is 0. The zero-order valence-electron chi connectivity index (χ0n) is 42.2. The van der Waals surface area contributed by atoms with Crippen LogP contribution in [0.15, 0.2) is 36.5 Å². The van der Waals surface area contributed by atoms with E-state index < -0.39 is 18.2 Å². The number of carbonyl (C=O) groups is 2. The van der Waals surface area contributed by atoms with Crippen molar-refractivity contribution in [2.75, 3.05) is 6.61 Å². The van der Waals surface area contributed by atoms with Crippen molar-refractivity contribution >= 4 is 11.9 Å². The summed E-state index contributed by atoms with van der Waals surface area (Å²) in [6.07, 6.45) is 60.6. The minimum Gasteiger partial charge on any atom is -0.462 e. The third-order valence-electron chi connectivity index (χ3n) is 12.7. The number of unbranched alkanes of at least 4 members (excludes halogenated alkanes) is 32. The molecule has 0 aliphatic carbocycles. The van der Waals surface area contributed by atoms with Gasteiger partial charge in [0.05, 0.1) is 25.2 Å². The minimum atomic E-state index is -0.787. The first-order valence-electron chi connectivity index (χ1n) is 27.7. The van der Waals surface area contributed by atoms with Gasteiger partial charge in [0.1, 0.15) is 6.10 Å².